The van der Waals surface area contributed by atoms with Gasteiger partial charge in [-0.1, -0.05) is 200 Å². The Kier molecular flexibility index (Phi) is 8.42. The minimum absolute atomic E-state index is 0.563. The Labute approximate surface area is 358 Å². The second kappa shape index (κ2) is 14.7. The molecule has 290 valence electrons. The Balaban J connectivity index is 1.16. The van der Waals surface area contributed by atoms with E-state index in [1.54, 1.807) is 0 Å². The first-order valence-electron chi connectivity index (χ1n) is 21.0. The average Bonchev–Trinajstić information content (AvgIpc) is 3.88. The van der Waals surface area contributed by atoms with Gasteiger partial charge in [-0.15, -0.1) is 0 Å². The van der Waals surface area contributed by atoms with Gasteiger partial charge in [0.2, 0.25) is 5.95 Å². The lowest BCUT2D eigenvalue weighted by Crippen LogP contribution is -2.06. The van der Waals surface area contributed by atoms with E-state index in [1.807, 2.05) is 24.3 Å². The molecule has 62 heavy (non-hydrogen) atoms. The molecule has 3 aromatic heterocycles. The van der Waals surface area contributed by atoms with Crippen LogP contribution in [0.25, 0.3) is 111 Å². The van der Waals surface area contributed by atoms with Crippen LogP contribution < -0.4 is 0 Å². The van der Waals surface area contributed by atoms with Gasteiger partial charge in [-0.3, -0.25) is 4.57 Å². The highest BCUT2D eigenvalue weighted by molar-refractivity contribution is 6.26. The summed E-state index contributed by atoms with van der Waals surface area (Å²) in [5.41, 5.74) is 14.2. The molecule has 0 unspecified atom stereocenters. The second-order valence-corrected chi connectivity index (χ2v) is 15.6. The van der Waals surface area contributed by atoms with Crippen molar-refractivity contribution in [3.05, 3.63) is 224 Å². The minimum atomic E-state index is 0.563. The van der Waals surface area contributed by atoms with E-state index < -0.39 is 0 Å². The van der Waals surface area contributed by atoms with Crippen LogP contribution in [0.1, 0.15) is 0 Å². The molecular formula is C57H37N5. The number of hydrogen-bond donors (Lipinski definition) is 0. The van der Waals surface area contributed by atoms with Gasteiger partial charge in [0.25, 0.3) is 0 Å². The van der Waals surface area contributed by atoms with Gasteiger partial charge in [0.15, 0.2) is 11.6 Å². The maximum absolute atomic E-state index is 5.36. The smallest absolute Gasteiger partial charge is 0.238 e. The van der Waals surface area contributed by atoms with E-state index in [0.717, 1.165) is 88.2 Å². The Morgan fingerprint density at radius 2 is 0.758 bits per heavy atom. The molecule has 0 spiro atoms. The van der Waals surface area contributed by atoms with Gasteiger partial charge in [-0.25, -0.2) is 4.98 Å². The van der Waals surface area contributed by atoms with Crippen molar-refractivity contribution in [2.75, 3.05) is 0 Å². The molecule has 0 saturated heterocycles. The van der Waals surface area contributed by atoms with Crippen LogP contribution in [0.3, 0.4) is 0 Å². The van der Waals surface area contributed by atoms with E-state index in [9.17, 15) is 0 Å². The van der Waals surface area contributed by atoms with Crippen LogP contribution >= 0.6 is 0 Å². The number of hydrogen-bond acceptors (Lipinski definition) is 3. The van der Waals surface area contributed by atoms with E-state index in [2.05, 4.69) is 209 Å². The molecule has 0 atom stereocenters. The fourth-order valence-electron chi connectivity index (χ4n) is 9.12. The van der Waals surface area contributed by atoms with E-state index >= 15 is 0 Å². The monoisotopic (exact) mass is 791 g/mol. The van der Waals surface area contributed by atoms with Crippen LogP contribution in [0, 0.1) is 0 Å². The van der Waals surface area contributed by atoms with Crippen molar-refractivity contribution in [3.63, 3.8) is 0 Å². The van der Waals surface area contributed by atoms with Gasteiger partial charge in [0.1, 0.15) is 0 Å². The van der Waals surface area contributed by atoms with Crippen molar-refractivity contribution in [1.29, 1.82) is 0 Å². The molecule has 0 aliphatic rings. The minimum Gasteiger partial charge on any atom is -0.309 e. The van der Waals surface area contributed by atoms with Crippen LogP contribution in [0.4, 0.5) is 0 Å². The zero-order valence-corrected chi connectivity index (χ0v) is 33.6. The van der Waals surface area contributed by atoms with Crippen LogP contribution in [-0.4, -0.2) is 24.1 Å². The summed E-state index contributed by atoms with van der Waals surface area (Å²) in [6.45, 7) is 0. The number of para-hydroxylation sites is 2. The number of benzene rings is 9. The zero-order chi connectivity index (χ0) is 41.0. The lowest BCUT2D eigenvalue weighted by atomic mass is 9.98. The van der Waals surface area contributed by atoms with Gasteiger partial charge < -0.3 is 4.57 Å². The summed E-state index contributed by atoms with van der Waals surface area (Å²) < 4.78 is 4.71. The molecule has 0 radical (unpaired) electrons. The van der Waals surface area contributed by atoms with Gasteiger partial charge in [-0.2, -0.15) is 9.97 Å². The summed E-state index contributed by atoms with van der Waals surface area (Å²) in [6, 6.07) is 79.3. The summed E-state index contributed by atoms with van der Waals surface area (Å²) in [7, 11) is 0. The van der Waals surface area contributed by atoms with Crippen LogP contribution in [0.2, 0.25) is 0 Å². The largest absolute Gasteiger partial charge is 0.309 e. The van der Waals surface area contributed by atoms with Crippen LogP contribution in [-0.2, 0) is 0 Å². The second-order valence-electron chi connectivity index (χ2n) is 15.6. The van der Waals surface area contributed by atoms with Gasteiger partial charge in [0, 0.05) is 38.2 Å². The average molecular weight is 792 g/mol. The fourth-order valence-corrected chi connectivity index (χ4v) is 9.12. The summed E-state index contributed by atoms with van der Waals surface area (Å²) in [5.74, 6) is 1.79. The van der Waals surface area contributed by atoms with Crippen molar-refractivity contribution in [3.8, 4) is 67.8 Å². The molecule has 0 saturated carbocycles. The van der Waals surface area contributed by atoms with Crippen molar-refractivity contribution in [1.82, 2.24) is 24.1 Å². The number of rotatable bonds is 7. The molecule has 12 aromatic rings. The van der Waals surface area contributed by atoms with Crippen LogP contribution in [0.5, 0.6) is 0 Å². The predicted octanol–water partition coefficient (Wildman–Crippen LogP) is 14.4. The van der Waals surface area contributed by atoms with E-state index in [-0.39, 0.29) is 0 Å². The summed E-state index contributed by atoms with van der Waals surface area (Å²) in [6.07, 6.45) is 0. The molecule has 5 nitrogen and oxygen atoms in total. The molecule has 0 aliphatic heterocycles. The molecule has 0 N–H and O–H groups in total. The first-order chi connectivity index (χ1) is 30.8. The zero-order valence-electron chi connectivity index (χ0n) is 33.6. The Bertz CT molecular complexity index is 3590. The summed E-state index contributed by atoms with van der Waals surface area (Å²) in [5, 5.41) is 4.55. The van der Waals surface area contributed by atoms with E-state index in [0.29, 0.717) is 17.6 Å². The normalized spacial score (nSPS) is 11.5. The first kappa shape index (κ1) is 35.5. The number of fused-ring (bicyclic) bond motifs is 7. The number of nitrogens with zero attached hydrogens (tertiary/aromatic N) is 5. The fraction of sp³-hybridized carbons (Fsp3) is 0. The molecular weight excluding hydrogens is 755 g/mol. The lowest BCUT2D eigenvalue weighted by Gasteiger charge is -2.16. The Hall–Kier alpha value is -8.41. The molecule has 0 bridgehead atoms. The third kappa shape index (κ3) is 5.90. The highest BCUT2D eigenvalue weighted by atomic mass is 15.2. The highest BCUT2D eigenvalue weighted by Crippen LogP contribution is 2.44. The van der Waals surface area contributed by atoms with Crippen LogP contribution in [0.15, 0.2) is 224 Å². The molecule has 3 heterocycles. The summed E-state index contributed by atoms with van der Waals surface area (Å²) >= 11 is 0. The van der Waals surface area contributed by atoms with Crippen molar-refractivity contribution in [2.24, 2.45) is 0 Å². The Morgan fingerprint density at radius 1 is 0.290 bits per heavy atom. The molecule has 12 rings (SSSR count). The van der Waals surface area contributed by atoms with E-state index in [1.165, 1.54) is 5.56 Å². The highest BCUT2D eigenvalue weighted by Gasteiger charge is 2.24. The molecule has 0 aliphatic carbocycles. The van der Waals surface area contributed by atoms with Crippen molar-refractivity contribution in [2.45, 2.75) is 0 Å². The van der Waals surface area contributed by atoms with Crippen molar-refractivity contribution < 1.29 is 0 Å². The van der Waals surface area contributed by atoms with E-state index in [4.69, 9.17) is 15.0 Å². The maximum atomic E-state index is 5.36. The summed E-state index contributed by atoms with van der Waals surface area (Å²) in [4.78, 5) is 15.8. The quantitative estimate of drug-likeness (QED) is 0.162. The maximum Gasteiger partial charge on any atom is 0.238 e. The third-order valence-electron chi connectivity index (χ3n) is 12.0. The molecule has 9 aromatic carbocycles. The van der Waals surface area contributed by atoms with Gasteiger partial charge in [0.05, 0.1) is 27.8 Å². The number of aromatic nitrogens is 5. The molecule has 0 amide bonds. The molecule has 5 heteroatoms. The van der Waals surface area contributed by atoms with Gasteiger partial charge in [-0.05, 0) is 52.1 Å². The standard InChI is InChI=1S/C57H37N5/c1-5-17-38(18-6-1)40-29-31-43(32-30-40)56-58-55(42-23-11-4-12-24-42)59-57(60-56)62-49-27-15-13-25-46(49)47-35-36-51-53(54(47)62)48-26-14-16-28-50(48)61(51)52-37-44(39-19-7-2-8-20-39)33-34-45(52)41-21-9-3-10-22-41/h1-37H. The van der Waals surface area contributed by atoms with Crippen molar-refractivity contribution >= 4 is 43.6 Å². The molecule has 0 fully saturated rings. The Morgan fingerprint density at radius 3 is 1.40 bits per heavy atom. The first-order valence-corrected chi connectivity index (χ1v) is 21.0. The van der Waals surface area contributed by atoms with Gasteiger partial charge >= 0.3 is 0 Å². The predicted molar refractivity (Wildman–Crippen MR) is 256 cm³/mol. The SMILES string of the molecule is c1ccc(-c2ccc(-c3nc(-c4ccccc4)nc(-n4c5ccccc5c5ccc6c(c7ccccc7n6-c6cc(-c7ccccc7)ccc6-c6ccccc6)c54)n3)cc2)cc1. The third-order valence-corrected chi connectivity index (χ3v) is 12.0. The topological polar surface area (TPSA) is 48.5 Å². The lowest BCUT2D eigenvalue weighted by molar-refractivity contribution is 0.955.